The van der Waals surface area contributed by atoms with E-state index in [2.05, 4.69) is 50.5 Å². The van der Waals surface area contributed by atoms with Crippen LogP contribution in [0.15, 0.2) is 6.07 Å². The fourth-order valence-electron chi connectivity index (χ4n) is 1.56. The minimum absolute atomic E-state index is 0.413. The number of rotatable bonds is 0. The van der Waals surface area contributed by atoms with E-state index in [1.807, 2.05) is 6.07 Å². The molecule has 2 N–H and O–H groups in total. The first-order valence-electron chi connectivity index (χ1n) is 4.14. The van der Waals surface area contributed by atoms with Crippen molar-refractivity contribution in [3.63, 3.8) is 0 Å². The Morgan fingerprint density at radius 2 is 2.08 bits per heavy atom. The van der Waals surface area contributed by atoms with Gasteiger partial charge in [0.1, 0.15) is 0 Å². The molecule has 1 aromatic rings. The van der Waals surface area contributed by atoms with E-state index in [4.69, 9.17) is 0 Å². The molecule has 0 atom stereocenters. The van der Waals surface area contributed by atoms with Crippen LogP contribution in [0.5, 0.6) is 5.75 Å². The lowest BCUT2D eigenvalue weighted by molar-refractivity contribution is 0.471. The zero-order valence-corrected chi connectivity index (χ0v) is 11.2. The summed E-state index contributed by atoms with van der Waals surface area (Å²) in [5.41, 5.74) is 2.22. The highest BCUT2D eigenvalue weighted by Gasteiger charge is 2.17. The molecule has 1 aromatic carbocycles. The van der Waals surface area contributed by atoms with Crippen molar-refractivity contribution >= 4 is 50.9 Å². The molecule has 13 heavy (non-hydrogen) atoms. The minimum atomic E-state index is 0.413. The number of benzene rings is 1. The number of halogens is 2. The Bertz CT molecular complexity index is 352. The van der Waals surface area contributed by atoms with Crippen molar-refractivity contribution in [1.82, 2.24) is 0 Å². The van der Waals surface area contributed by atoms with Gasteiger partial charge in [-0.3, -0.25) is 0 Å². The average Bonchev–Trinajstić information content (AvgIpc) is 2.15. The SMILES string of the molecule is Oc1c(I)cc(I)c2c1NCCC2. The summed E-state index contributed by atoms with van der Waals surface area (Å²) in [6.07, 6.45) is 2.23. The number of fused-ring (bicyclic) bond motifs is 1. The molecule has 1 aliphatic rings. The highest BCUT2D eigenvalue weighted by molar-refractivity contribution is 14.1. The van der Waals surface area contributed by atoms with Crippen molar-refractivity contribution < 1.29 is 5.11 Å². The molecular weight excluding hydrogens is 392 g/mol. The van der Waals surface area contributed by atoms with Gasteiger partial charge < -0.3 is 10.4 Å². The van der Waals surface area contributed by atoms with E-state index >= 15 is 0 Å². The van der Waals surface area contributed by atoms with Gasteiger partial charge in [-0.15, -0.1) is 0 Å². The fraction of sp³-hybridized carbons (Fsp3) is 0.333. The minimum Gasteiger partial charge on any atom is -0.505 e. The predicted octanol–water partition coefficient (Wildman–Crippen LogP) is 2.96. The number of phenolic OH excluding ortho intramolecular Hbond substituents is 1. The van der Waals surface area contributed by atoms with Crippen molar-refractivity contribution in [1.29, 1.82) is 0 Å². The van der Waals surface area contributed by atoms with Gasteiger partial charge >= 0.3 is 0 Å². The van der Waals surface area contributed by atoms with Crippen molar-refractivity contribution in [2.75, 3.05) is 11.9 Å². The number of nitrogens with one attached hydrogen (secondary N) is 1. The zero-order valence-electron chi connectivity index (χ0n) is 6.90. The smallest absolute Gasteiger partial charge is 0.152 e. The van der Waals surface area contributed by atoms with E-state index < -0.39 is 0 Å². The first-order chi connectivity index (χ1) is 6.20. The quantitative estimate of drug-likeness (QED) is 0.518. The molecular formula is C9H9I2NO. The maximum Gasteiger partial charge on any atom is 0.152 e. The Hall–Kier alpha value is 0.280. The molecule has 0 unspecified atom stereocenters. The molecule has 0 spiro atoms. The summed E-state index contributed by atoms with van der Waals surface area (Å²) >= 11 is 4.49. The third kappa shape index (κ3) is 1.74. The molecule has 0 aromatic heterocycles. The number of hydrogen-bond acceptors (Lipinski definition) is 2. The van der Waals surface area contributed by atoms with Crippen LogP contribution in [0.25, 0.3) is 0 Å². The van der Waals surface area contributed by atoms with Crippen molar-refractivity contribution in [3.05, 3.63) is 18.8 Å². The molecule has 0 saturated heterocycles. The molecule has 70 valence electrons. The fourth-order valence-corrected chi connectivity index (χ4v) is 3.59. The summed E-state index contributed by atoms with van der Waals surface area (Å²) in [5, 5.41) is 13.0. The Kier molecular flexibility index (Phi) is 2.87. The van der Waals surface area contributed by atoms with E-state index in [9.17, 15) is 5.11 Å². The second kappa shape index (κ2) is 3.80. The molecule has 0 fully saturated rings. The van der Waals surface area contributed by atoms with Crippen molar-refractivity contribution in [3.8, 4) is 5.75 Å². The van der Waals surface area contributed by atoms with Gasteiger partial charge in [0.15, 0.2) is 5.75 Å². The van der Waals surface area contributed by atoms with Crippen LogP contribution < -0.4 is 5.32 Å². The molecule has 1 heterocycles. The Balaban J connectivity index is 2.63. The maximum atomic E-state index is 9.79. The van der Waals surface area contributed by atoms with Gasteiger partial charge in [0.2, 0.25) is 0 Å². The Morgan fingerprint density at radius 1 is 1.31 bits per heavy atom. The van der Waals surface area contributed by atoms with E-state index in [0.29, 0.717) is 5.75 Å². The highest BCUT2D eigenvalue weighted by Crippen LogP contribution is 2.38. The van der Waals surface area contributed by atoms with Crippen LogP contribution in [0.1, 0.15) is 12.0 Å². The number of anilines is 1. The average molecular weight is 401 g/mol. The van der Waals surface area contributed by atoms with Gasteiger partial charge in [0, 0.05) is 10.1 Å². The summed E-state index contributed by atoms with van der Waals surface area (Å²) < 4.78 is 2.18. The summed E-state index contributed by atoms with van der Waals surface area (Å²) in [4.78, 5) is 0. The van der Waals surface area contributed by atoms with Crippen LogP contribution in [-0.4, -0.2) is 11.7 Å². The number of hydrogen-bond donors (Lipinski definition) is 2. The van der Waals surface area contributed by atoms with Gasteiger partial charge in [-0.25, -0.2) is 0 Å². The van der Waals surface area contributed by atoms with Gasteiger partial charge in [0.05, 0.1) is 9.26 Å². The van der Waals surface area contributed by atoms with Crippen LogP contribution in [0, 0.1) is 7.14 Å². The van der Waals surface area contributed by atoms with Gasteiger partial charge in [-0.05, 0) is 69.7 Å². The first kappa shape index (κ1) is 9.82. The Morgan fingerprint density at radius 3 is 2.85 bits per heavy atom. The largest absolute Gasteiger partial charge is 0.505 e. The highest BCUT2D eigenvalue weighted by atomic mass is 127. The van der Waals surface area contributed by atoms with E-state index in [-0.39, 0.29) is 0 Å². The first-order valence-corrected chi connectivity index (χ1v) is 6.29. The lowest BCUT2D eigenvalue weighted by Crippen LogP contribution is -2.13. The second-order valence-corrected chi connectivity index (χ2v) is 5.40. The summed E-state index contributed by atoms with van der Waals surface area (Å²) in [6.45, 7) is 0.969. The van der Waals surface area contributed by atoms with Crippen LogP contribution in [0.4, 0.5) is 5.69 Å². The van der Waals surface area contributed by atoms with Gasteiger partial charge in [-0.2, -0.15) is 0 Å². The third-order valence-electron chi connectivity index (χ3n) is 2.21. The standard InChI is InChI=1S/C9H9I2NO/c10-6-4-7(11)9(13)8-5(6)2-1-3-12-8/h4,12-13H,1-3H2. The zero-order chi connectivity index (χ0) is 9.42. The normalized spacial score (nSPS) is 14.9. The van der Waals surface area contributed by atoms with Crippen LogP contribution >= 0.6 is 45.2 Å². The molecule has 0 aliphatic carbocycles. The van der Waals surface area contributed by atoms with Crippen LogP contribution in [0.2, 0.25) is 0 Å². The van der Waals surface area contributed by atoms with Crippen LogP contribution in [0.3, 0.4) is 0 Å². The topological polar surface area (TPSA) is 32.3 Å². The van der Waals surface area contributed by atoms with Crippen molar-refractivity contribution in [2.45, 2.75) is 12.8 Å². The Labute approximate surface area is 104 Å². The lowest BCUT2D eigenvalue weighted by Gasteiger charge is -2.21. The summed E-state index contributed by atoms with van der Waals surface area (Å²) in [6, 6.07) is 2.03. The van der Waals surface area contributed by atoms with E-state index in [0.717, 1.165) is 28.6 Å². The third-order valence-corrected chi connectivity index (χ3v) is 4.00. The summed E-state index contributed by atoms with van der Waals surface area (Å²) in [5.74, 6) is 0.413. The molecule has 2 rings (SSSR count). The van der Waals surface area contributed by atoms with Crippen LogP contribution in [-0.2, 0) is 6.42 Å². The molecule has 0 bridgehead atoms. The van der Waals surface area contributed by atoms with E-state index in [1.165, 1.54) is 9.13 Å². The second-order valence-electron chi connectivity index (χ2n) is 3.07. The van der Waals surface area contributed by atoms with Crippen molar-refractivity contribution in [2.24, 2.45) is 0 Å². The molecule has 0 saturated carbocycles. The molecule has 1 aliphatic heterocycles. The summed E-state index contributed by atoms with van der Waals surface area (Å²) in [7, 11) is 0. The monoisotopic (exact) mass is 401 g/mol. The number of aromatic hydroxyl groups is 1. The molecule has 0 amide bonds. The molecule has 4 heteroatoms. The predicted molar refractivity (Wildman–Crippen MR) is 70.4 cm³/mol. The number of phenols is 1. The molecule has 0 radical (unpaired) electrons. The maximum absolute atomic E-state index is 9.79. The lowest BCUT2D eigenvalue weighted by atomic mass is 10.0. The van der Waals surface area contributed by atoms with Gasteiger partial charge in [-0.1, -0.05) is 0 Å². The molecule has 2 nitrogen and oxygen atoms in total. The van der Waals surface area contributed by atoms with E-state index in [1.54, 1.807) is 0 Å². The van der Waals surface area contributed by atoms with Gasteiger partial charge in [0.25, 0.3) is 0 Å².